The molecule has 0 aliphatic heterocycles. The third-order valence-corrected chi connectivity index (χ3v) is 1.71. The van der Waals surface area contributed by atoms with Crippen LogP contribution in [0.3, 0.4) is 0 Å². The summed E-state index contributed by atoms with van der Waals surface area (Å²) in [6, 6.07) is 0. The van der Waals surface area contributed by atoms with Gasteiger partial charge in [-0.15, -0.1) is 0 Å². The molecule has 1 aromatic rings. The molecule has 0 unspecified atom stereocenters. The molecule has 80 valence electrons. The lowest BCUT2D eigenvalue weighted by Gasteiger charge is -2.16. The Labute approximate surface area is 84.1 Å². The van der Waals surface area contributed by atoms with Crippen LogP contribution in [0.15, 0.2) is 4.42 Å². The zero-order valence-corrected chi connectivity index (χ0v) is 8.62. The Morgan fingerprint density at radius 3 is 2.00 bits per heavy atom. The second-order valence-electron chi connectivity index (χ2n) is 3.89. The highest BCUT2D eigenvalue weighted by molar-refractivity contribution is 6.27. The molecule has 0 saturated heterocycles. The van der Waals surface area contributed by atoms with Crippen molar-refractivity contribution in [3.05, 3.63) is 16.8 Å². The zero-order chi connectivity index (χ0) is 11.1. The number of nitrogens with zero attached hydrogens (tertiary/aromatic N) is 1. The van der Waals surface area contributed by atoms with E-state index in [9.17, 15) is 13.2 Å². The first-order valence-corrected chi connectivity index (χ1v) is 4.24. The number of hydrogen-bond donors (Lipinski definition) is 0. The van der Waals surface area contributed by atoms with Crippen LogP contribution in [-0.2, 0) is 11.6 Å². The van der Waals surface area contributed by atoms with E-state index < -0.39 is 22.6 Å². The van der Waals surface area contributed by atoms with E-state index in [1.54, 1.807) is 20.8 Å². The van der Waals surface area contributed by atoms with Gasteiger partial charge in [0.15, 0.2) is 5.69 Å². The van der Waals surface area contributed by atoms with Crippen LogP contribution < -0.4 is 0 Å². The van der Waals surface area contributed by atoms with E-state index in [1.807, 2.05) is 0 Å². The normalized spacial score (nSPS) is 13.4. The molecule has 0 bridgehead atoms. The van der Waals surface area contributed by atoms with E-state index in [4.69, 9.17) is 16.0 Å². The molecule has 0 aliphatic carbocycles. The van der Waals surface area contributed by atoms with Gasteiger partial charge < -0.3 is 4.42 Å². The van der Waals surface area contributed by atoms with Crippen LogP contribution in [0.5, 0.6) is 0 Å². The maximum absolute atomic E-state index is 12.4. The summed E-state index contributed by atoms with van der Waals surface area (Å²) >= 11 is 5.30. The van der Waals surface area contributed by atoms with Crippen LogP contribution in [0.2, 0.25) is 5.35 Å². The molecule has 0 radical (unpaired) electrons. The Morgan fingerprint density at radius 1 is 1.21 bits per heavy atom. The maximum atomic E-state index is 12.4. The molecular weight excluding hydrogens is 219 g/mol. The third-order valence-electron chi connectivity index (χ3n) is 1.55. The second-order valence-corrected chi connectivity index (χ2v) is 4.22. The predicted octanol–water partition coefficient (Wildman–Crippen LogP) is 3.64. The first kappa shape index (κ1) is 11.4. The van der Waals surface area contributed by atoms with E-state index in [0.717, 1.165) is 0 Å². The highest BCUT2D eigenvalue weighted by Gasteiger charge is 2.41. The summed E-state index contributed by atoms with van der Waals surface area (Å²) in [6.07, 6.45) is -4.53. The lowest BCUT2D eigenvalue weighted by molar-refractivity contribution is -0.142. The van der Waals surface area contributed by atoms with Crippen LogP contribution in [-0.4, -0.2) is 4.98 Å². The molecule has 0 N–H and O–H groups in total. The third kappa shape index (κ3) is 2.20. The Balaban J connectivity index is 3.31. The fraction of sp³-hybridized carbons (Fsp3) is 0.625. The first-order chi connectivity index (χ1) is 6.12. The Hall–Kier alpha value is -0.710. The van der Waals surface area contributed by atoms with E-state index in [1.165, 1.54) is 0 Å². The molecule has 1 rings (SSSR count). The number of alkyl halides is 3. The van der Waals surface area contributed by atoms with Gasteiger partial charge in [-0.2, -0.15) is 18.2 Å². The quantitative estimate of drug-likeness (QED) is 0.676. The molecule has 0 fully saturated rings. The van der Waals surface area contributed by atoms with Crippen LogP contribution in [0.4, 0.5) is 13.2 Å². The van der Waals surface area contributed by atoms with Crippen LogP contribution >= 0.6 is 11.6 Å². The van der Waals surface area contributed by atoms with Crippen molar-refractivity contribution in [3.8, 4) is 0 Å². The first-order valence-electron chi connectivity index (χ1n) is 3.86. The van der Waals surface area contributed by atoms with E-state index in [0.29, 0.717) is 0 Å². The molecule has 0 spiro atoms. The lowest BCUT2D eigenvalue weighted by Crippen LogP contribution is -2.18. The van der Waals surface area contributed by atoms with Gasteiger partial charge in [-0.05, 0) is 11.6 Å². The average Bonchev–Trinajstić information content (AvgIpc) is 2.27. The molecule has 14 heavy (non-hydrogen) atoms. The molecular formula is C8H9ClF3NO. The summed E-state index contributed by atoms with van der Waals surface area (Å²) in [5.41, 5.74) is -1.82. The van der Waals surface area contributed by atoms with Crippen molar-refractivity contribution in [2.45, 2.75) is 32.4 Å². The highest BCUT2D eigenvalue weighted by atomic mass is 35.5. The number of rotatable bonds is 0. The predicted molar refractivity (Wildman–Crippen MR) is 45.2 cm³/mol. The Morgan fingerprint density at radius 2 is 1.71 bits per heavy atom. The standard InChI is InChI=1S/C8H9ClF3NO/c1-7(2,3)5-4(8(10,11)12)13-6(9)14-5/h1-3H3. The van der Waals surface area contributed by atoms with Gasteiger partial charge in [0.25, 0.3) is 5.35 Å². The fourth-order valence-electron chi connectivity index (χ4n) is 0.994. The van der Waals surface area contributed by atoms with Gasteiger partial charge in [0, 0.05) is 5.41 Å². The smallest absolute Gasteiger partial charge is 0.432 e. The van der Waals surface area contributed by atoms with Crippen molar-refractivity contribution in [1.82, 2.24) is 4.98 Å². The van der Waals surface area contributed by atoms with Crippen molar-refractivity contribution >= 4 is 11.6 Å². The summed E-state index contributed by atoms with van der Waals surface area (Å²) < 4.78 is 42.0. The van der Waals surface area contributed by atoms with Gasteiger partial charge in [-0.3, -0.25) is 0 Å². The minimum Gasteiger partial charge on any atom is -0.432 e. The van der Waals surface area contributed by atoms with Crippen molar-refractivity contribution in [2.24, 2.45) is 0 Å². The van der Waals surface area contributed by atoms with Gasteiger partial charge in [0.2, 0.25) is 0 Å². The average molecular weight is 228 g/mol. The van der Waals surface area contributed by atoms with E-state index in [-0.39, 0.29) is 5.76 Å². The van der Waals surface area contributed by atoms with Gasteiger partial charge in [0.05, 0.1) is 0 Å². The van der Waals surface area contributed by atoms with Crippen molar-refractivity contribution in [1.29, 1.82) is 0 Å². The molecule has 2 nitrogen and oxygen atoms in total. The largest absolute Gasteiger partial charge is 0.436 e. The Kier molecular flexibility index (Phi) is 2.56. The molecule has 0 aromatic carbocycles. The lowest BCUT2D eigenvalue weighted by atomic mass is 9.92. The molecule has 0 saturated carbocycles. The minimum atomic E-state index is -4.53. The summed E-state index contributed by atoms with van der Waals surface area (Å²) in [7, 11) is 0. The second kappa shape index (κ2) is 3.15. The monoisotopic (exact) mass is 227 g/mol. The summed E-state index contributed by atoms with van der Waals surface area (Å²) in [5.74, 6) is -0.241. The maximum Gasteiger partial charge on any atom is 0.436 e. The highest BCUT2D eigenvalue weighted by Crippen LogP contribution is 2.38. The topological polar surface area (TPSA) is 26.0 Å². The molecule has 1 heterocycles. The van der Waals surface area contributed by atoms with Crippen molar-refractivity contribution in [2.75, 3.05) is 0 Å². The van der Waals surface area contributed by atoms with Gasteiger partial charge >= 0.3 is 6.18 Å². The van der Waals surface area contributed by atoms with Gasteiger partial charge in [-0.25, -0.2) is 0 Å². The Bertz CT molecular complexity index is 306. The summed E-state index contributed by atoms with van der Waals surface area (Å²) in [6.45, 7) is 4.79. The minimum absolute atomic E-state index is 0.241. The number of aromatic nitrogens is 1. The molecule has 0 atom stereocenters. The van der Waals surface area contributed by atoms with Crippen LogP contribution in [0.25, 0.3) is 0 Å². The number of oxazole rings is 1. The summed E-state index contributed by atoms with van der Waals surface area (Å²) in [5, 5.41) is -0.484. The molecule has 0 amide bonds. The molecule has 1 aromatic heterocycles. The summed E-state index contributed by atoms with van der Waals surface area (Å²) in [4.78, 5) is 3.12. The fourth-order valence-corrected chi connectivity index (χ4v) is 1.16. The number of halogens is 4. The van der Waals surface area contributed by atoms with Crippen molar-refractivity contribution in [3.63, 3.8) is 0 Å². The van der Waals surface area contributed by atoms with E-state index in [2.05, 4.69) is 4.98 Å². The molecule has 6 heteroatoms. The van der Waals surface area contributed by atoms with Crippen LogP contribution in [0.1, 0.15) is 32.2 Å². The van der Waals surface area contributed by atoms with Crippen LogP contribution in [0, 0.1) is 0 Å². The van der Waals surface area contributed by atoms with Gasteiger partial charge in [-0.1, -0.05) is 20.8 Å². The zero-order valence-electron chi connectivity index (χ0n) is 7.87. The van der Waals surface area contributed by atoms with Crippen molar-refractivity contribution < 1.29 is 17.6 Å². The number of hydrogen-bond acceptors (Lipinski definition) is 2. The van der Waals surface area contributed by atoms with E-state index >= 15 is 0 Å². The molecule has 0 aliphatic rings. The SMILES string of the molecule is CC(C)(C)c1oc(Cl)nc1C(F)(F)F. The van der Waals surface area contributed by atoms with Gasteiger partial charge in [0.1, 0.15) is 5.76 Å².